The number of carbonyl (C=O) groups excluding carboxylic acids is 2. The molecule has 0 aromatic heterocycles. The molecule has 5 nitrogen and oxygen atoms in total. The fourth-order valence-electron chi connectivity index (χ4n) is 1.24. The highest BCUT2D eigenvalue weighted by atomic mass is 16.5. The predicted molar refractivity (Wildman–Crippen MR) is 68.1 cm³/mol. The molecule has 0 heterocycles. The van der Waals surface area contributed by atoms with E-state index >= 15 is 0 Å². The largest absolute Gasteiger partial charge is 0.456 e. The molecule has 0 unspecified atom stereocenters. The summed E-state index contributed by atoms with van der Waals surface area (Å²) in [4.78, 5) is 22.2. The topological polar surface area (TPSA) is 59.0 Å². The molecule has 0 fully saturated rings. The van der Waals surface area contributed by atoms with Gasteiger partial charge in [-0.25, -0.2) is 5.01 Å². The maximum absolute atomic E-state index is 11.6. The first-order chi connectivity index (χ1) is 8.63. The number of rotatable bonds is 5. The zero-order chi connectivity index (χ0) is 13.4. The molecule has 18 heavy (non-hydrogen) atoms. The Morgan fingerprint density at radius 3 is 2.56 bits per heavy atom. The van der Waals surface area contributed by atoms with Crippen LogP contribution in [-0.4, -0.2) is 36.3 Å². The number of hydrogen-bond donors (Lipinski definition) is 0. The van der Waals surface area contributed by atoms with Crippen molar-refractivity contribution < 1.29 is 14.3 Å². The number of benzene rings is 1. The third-order valence-electron chi connectivity index (χ3n) is 2.13. The first-order valence-electron chi connectivity index (χ1n) is 5.66. The molecule has 0 aliphatic heterocycles. The Labute approximate surface area is 106 Å². The Morgan fingerprint density at radius 2 is 2.00 bits per heavy atom. The van der Waals surface area contributed by atoms with Gasteiger partial charge in [0.25, 0.3) is 5.91 Å². The summed E-state index contributed by atoms with van der Waals surface area (Å²) in [6.07, 6.45) is 1.59. The van der Waals surface area contributed by atoms with Gasteiger partial charge in [-0.05, 0) is 12.5 Å². The van der Waals surface area contributed by atoms with Gasteiger partial charge in [0.2, 0.25) is 0 Å². The molecule has 1 aromatic rings. The number of hydrazone groups is 1. The van der Waals surface area contributed by atoms with Crippen molar-refractivity contribution in [1.82, 2.24) is 5.01 Å². The highest BCUT2D eigenvalue weighted by Crippen LogP contribution is 1.97. The Bertz CT molecular complexity index is 429. The van der Waals surface area contributed by atoms with Crippen molar-refractivity contribution in [2.24, 2.45) is 5.10 Å². The van der Waals surface area contributed by atoms with E-state index in [9.17, 15) is 9.59 Å². The van der Waals surface area contributed by atoms with Gasteiger partial charge in [0.1, 0.15) is 0 Å². The van der Waals surface area contributed by atoms with E-state index in [0.29, 0.717) is 6.54 Å². The summed E-state index contributed by atoms with van der Waals surface area (Å²) in [6.45, 7) is 3.20. The van der Waals surface area contributed by atoms with Crippen LogP contribution in [0.2, 0.25) is 0 Å². The van der Waals surface area contributed by atoms with Crippen LogP contribution in [0.25, 0.3) is 0 Å². The average Bonchev–Trinajstić information content (AvgIpc) is 2.38. The SMILES string of the molecule is CCN(N=Cc1ccccc1)C(=O)COC(C)=O. The van der Waals surface area contributed by atoms with Gasteiger partial charge in [0, 0.05) is 13.5 Å². The minimum absolute atomic E-state index is 0.282. The molecule has 0 aliphatic carbocycles. The molecule has 5 heteroatoms. The van der Waals surface area contributed by atoms with Gasteiger partial charge in [0.15, 0.2) is 6.61 Å². The van der Waals surface area contributed by atoms with Crippen LogP contribution >= 0.6 is 0 Å². The van der Waals surface area contributed by atoms with Gasteiger partial charge in [-0.1, -0.05) is 30.3 Å². The fraction of sp³-hybridized carbons (Fsp3) is 0.308. The number of amides is 1. The van der Waals surface area contributed by atoms with E-state index < -0.39 is 5.97 Å². The quantitative estimate of drug-likeness (QED) is 0.450. The molecule has 1 aromatic carbocycles. The Balaban J connectivity index is 2.58. The van der Waals surface area contributed by atoms with E-state index in [2.05, 4.69) is 9.84 Å². The second-order valence-corrected chi connectivity index (χ2v) is 3.55. The van der Waals surface area contributed by atoms with Crippen LogP contribution in [0.1, 0.15) is 19.4 Å². The first-order valence-corrected chi connectivity index (χ1v) is 5.66. The van der Waals surface area contributed by atoms with Crippen molar-refractivity contribution in [3.8, 4) is 0 Å². The maximum Gasteiger partial charge on any atom is 0.303 e. The third-order valence-corrected chi connectivity index (χ3v) is 2.13. The zero-order valence-corrected chi connectivity index (χ0v) is 10.5. The van der Waals surface area contributed by atoms with Gasteiger partial charge < -0.3 is 4.74 Å². The van der Waals surface area contributed by atoms with E-state index in [1.807, 2.05) is 30.3 Å². The minimum atomic E-state index is -0.480. The summed E-state index contributed by atoms with van der Waals surface area (Å²) in [6, 6.07) is 9.44. The lowest BCUT2D eigenvalue weighted by Crippen LogP contribution is -2.30. The van der Waals surface area contributed by atoms with E-state index in [4.69, 9.17) is 0 Å². The normalized spacial score (nSPS) is 10.3. The Hall–Kier alpha value is -2.17. The van der Waals surface area contributed by atoms with Gasteiger partial charge in [-0.15, -0.1) is 0 Å². The van der Waals surface area contributed by atoms with Crippen molar-refractivity contribution in [3.63, 3.8) is 0 Å². The fourth-order valence-corrected chi connectivity index (χ4v) is 1.24. The summed E-state index contributed by atoms with van der Waals surface area (Å²) in [5, 5.41) is 5.32. The Morgan fingerprint density at radius 1 is 1.33 bits per heavy atom. The van der Waals surface area contributed by atoms with Crippen LogP contribution in [0.5, 0.6) is 0 Å². The molecule has 0 radical (unpaired) electrons. The van der Waals surface area contributed by atoms with Crippen LogP contribution in [-0.2, 0) is 14.3 Å². The summed E-state index contributed by atoms with van der Waals surface area (Å²) >= 11 is 0. The summed E-state index contributed by atoms with van der Waals surface area (Å²) < 4.78 is 4.63. The molecule has 0 aliphatic rings. The van der Waals surface area contributed by atoms with Crippen LogP contribution < -0.4 is 0 Å². The van der Waals surface area contributed by atoms with E-state index in [1.165, 1.54) is 11.9 Å². The van der Waals surface area contributed by atoms with Gasteiger partial charge in [0.05, 0.1) is 6.21 Å². The van der Waals surface area contributed by atoms with Gasteiger partial charge in [-0.3, -0.25) is 9.59 Å². The Kier molecular flexibility index (Phi) is 5.57. The van der Waals surface area contributed by atoms with Gasteiger partial charge in [-0.2, -0.15) is 5.10 Å². The second kappa shape index (κ2) is 7.21. The number of nitrogens with zero attached hydrogens (tertiary/aromatic N) is 2. The highest BCUT2D eigenvalue weighted by molar-refractivity contribution is 5.83. The van der Waals surface area contributed by atoms with Crippen molar-refractivity contribution in [2.75, 3.05) is 13.2 Å². The summed E-state index contributed by atoms with van der Waals surface area (Å²) in [5.41, 5.74) is 0.899. The highest BCUT2D eigenvalue weighted by Gasteiger charge is 2.11. The lowest BCUT2D eigenvalue weighted by atomic mass is 10.2. The lowest BCUT2D eigenvalue weighted by Gasteiger charge is -2.14. The van der Waals surface area contributed by atoms with Crippen molar-refractivity contribution in [1.29, 1.82) is 0 Å². The molecule has 96 valence electrons. The smallest absolute Gasteiger partial charge is 0.303 e. The molecule has 1 amide bonds. The van der Waals surface area contributed by atoms with Crippen LogP contribution in [0.3, 0.4) is 0 Å². The first kappa shape index (κ1) is 13.9. The molecule has 0 bridgehead atoms. The summed E-state index contributed by atoms with van der Waals surface area (Å²) in [7, 11) is 0. The van der Waals surface area contributed by atoms with Crippen LogP contribution in [0.15, 0.2) is 35.4 Å². The van der Waals surface area contributed by atoms with Crippen LogP contribution in [0.4, 0.5) is 0 Å². The molecule has 1 rings (SSSR count). The van der Waals surface area contributed by atoms with E-state index in [-0.39, 0.29) is 12.5 Å². The average molecular weight is 248 g/mol. The molecule has 0 spiro atoms. The standard InChI is InChI=1S/C13H16N2O3/c1-3-15(13(17)10-18-11(2)16)14-9-12-7-5-4-6-8-12/h4-9H,3,10H2,1-2H3. The summed E-state index contributed by atoms with van der Waals surface area (Å²) in [5.74, 6) is -0.827. The van der Waals surface area contributed by atoms with E-state index in [0.717, 1.165) is 5.56 Å². The number of hydrogen-bond acceptors (Lipinski definition) is 4. The van der Waals surface area contributed by atoms with Crippen molar-refractivity contribution in [2.45, 2.75) is 13.8 Å². The van der Waals surface area contributed by atoms with E-state index in [1.54, 1.807) is 13.1 Å². The lowest BCUT2D eigenvalue weighted by molar-refractivity contribution is -0.150. The van der Waals surface area contributed by atoms with Gasteiger partial charge >= 0.3 is 5.97 Å². The molecule has 0 saturated heterocycles. The van der Waals surface area contributed by atoms with Crippen molar-refractivity contribution >= 4 is 18.1 Å². The predicted octanol–water partition coefficient (Wildman–Crippen LogP) is 1.43. The minimum Gasteiger partial charge on any atom is -0.456 e. The molecule has 0 N–H and O–H groups in total. The molecular weight excluding hydrogens is 232 g/mol. The number of esters is 1. The zero-order valence-electron chi connectivity index (χ0n) is 10.5. The molecular formula is C13H16N2O3. The van der Waals surface area contributed by atoms with Crippen LogP contribution in [0, 0.1) is 0 Å². The number of likely N-dealkylation sites (N-methyl/N-ethyl adjacent to an activating group) is 1. The number of carbonyl (C=O) groups is 2. The third kappa shape index (κ3) is 4.78. The maximum atomic E-state index is 11.6. The molecule has 0 saturated carbocycles. The molecule has 0 atom stereocenters. The monoisotopic (exact) mass is 248 g/mol. The number of ether oxygens (including phenoxy) is 1. The van der Waals surface area contributed by atoms with Crippen molar-refractivity contribution in [3.05, 3.63) is 35.9 Å². The second-order valence-electron chi connectivity index (χ2n) is 3.55.